The predicted molar refractivity (Wildman–Crippen MR) is 109 cm³/mol. The van der Waals surface area contributed by atoms with Gasteiger partial charge in [-0.2, -0.15) is 0 Å². The van der Waals surface area contributed by atoms with E-state index in [1.165, 1.54) is 25.3 Å². The second-order valence-electron chi connectivity index (χ2n) is 5.66. The first-order valence-electron chi connectivity index (χ1n) is 8.41. The zero-order chi connectivity index (χ0) is 21.5. The largest absolute Gasteiger partial charge is 0.493 e. The number of aromatic nitrogens is 2. The number of thioether (sulfide) groups is 1. The van der Waals surface area contributed by atoms with Crippen LogP contribution in [0.3, 0.4) is 0 Å². The van der Waals surface area contributed by atoms with Crippen LogP contribution in [0.2, 0.25) is 5.02 Å². The summed E-state index contributed by atoms with van der Waals surface area (Å²) in [5, 5.41) is 21.4. The molecule has 0 fully saturated rings. The summed E-state index contributed by atoms with van der Waals surface area (Å²) < 4.78 is 16.2. The molecule has 0 atom stereocenters. The molecule has 10 nitrogen and oxygen atoms in total. The standard InChI is InChI=1S/C18H15ClN4O6S/c1-27-14-4-2-3-5-15(14)28-9-17-21-22-18(29-17)30-10-16(24)20-13-8-11(23(25)26)6-7-12(13)19/h2-8H,9-10H2,1H3,(H,20,24). The third kappa shape index (κ3) is 5.61. The van der Waals surface area contributed by atoms with E-state index in [0.29, 0.717) is 11.5 Å². The summed E-state index contributed by atoms with van der Waals surface area (Å²) in [6.07, 6.45) is 0. The Labute approximate surface area is 179 Å². The molecular formula is C18H15ClN4O6S. The molecule has 0 radical (unpaired) electrons. The van der Waals surface area contributed by atoms with Gasteiger partial charge in [-0.15, -0.1) is 10.2 Å². The number of nitro benzene ring substituents is 1. The summed E-state index contributed by atoms with van der Waals surface area (Å²) in [5.41, 5.74) is -0.0353. The first kappa shape index (κ1) is 21.4. The number of para-hydroxylation sites is 2. The van der Waals surface area contributed by atoms with E-state index in [2.05, 4.69) is 15.5 Å². The van der Waals surface area contributed by atoms with Crippen LogP contribution in [0, 0.1) is 10.1 Å². The first-order chi connectivity index (χ1) is 14.5. The highest BCUT2D eigenvalue weighted by Crippen LogP contribution is 2.28. The molecule has 1 N–H and O–H groups in total. The van der Waals surface area contributed by atoms with Crippen molar-refractivity contribution in [1.29, 1.82) is 0 Å². The van der Waals surface area contributed by atoms with E-state index in [-0.39, 0.29) is 39.9 Å². The summed E-state index contributed by atoms with van der Waals surface area (Å²) in [7, 11) is 1.54. The fourth-order valence-corrected chi connectivity index (χ4v) is 3.01. The van der Waals surface area contributed by atoms with Gasteiger partial charge in [-0.1, -0.05) is 35.5 Å². The van der Waals surface area contributed by atoms with E-state index in [1.54, 1.807) is 18.2 Å². The van der Waals surface area contributed by atoms with Crippen LogP contribution in [0.5, 0.6) is 11.5 Å². The summed E-state index contributed by atoms with van der Waals surface area (Å²) >= 11 is 6.97. The zero-order valence-electron chi connectivity index (χ0n) is 15.5. The van der Waals surface area contributed by atoms with Gasteiger partial charge in [0.15, 0.2) is 18.1 Å². The fraction of sp³-hybridized carbons (Fsp3) is 0.167. The number of benzene rings is 2. The number of nitrogens with zero attached hydrogens (tertiary/aromatic N) is 3. The number of hydrogen-bond donors (Lipinski definition) is 1. The molecule has 0 saturated carbocycles. The predicted octanol–water partition coefficient (Wildman–Crippen LogP) is 3.95. The van der Waals surface area contributed by atoms with Gasteiger partial charge in [-0.25, -0.2) is 0 Å². The van der Waals surface area contributed by atoms with Gasteiger partial charge in [0.2, 0.25) is 5.91 Å². The third-order valence-electron chi connectivity index (χ3n) is 3.63. The molecule has 0 saturated heterocycles. The highest BCUT2D eigenvalue weighted by molar-refractivity contribution is 7.99. The second kappa shape index (κ2) is 9.94. The molecule has 0 bridgehead atoms. The number of non-ortho nitro benzene ring substituents is 1. The van der Waals surface area contributed by atoms with Gasteiger partial charge in [-0.3, -0.25) is 14.9 Å². The number of carbonyl (C=O) groups excluding carboxylic acids is 1. The number of anilines is 1. The highest BCUT2D eigenvalue weighted by Gasteiger charge is 2.14. The second-order valence-corrected chi connectivity index (χ2v) is 6.99. The fourth-order valence-electron chi connectivity index (χ4n) is 2.27. The van der Waals surface area contributed by atoms with E-state index in [1.807, 2.05) is 6.07 Å². The van der Waals surface area contributed by atoms with Crippen LogP contribution in [-0.2, 0) is 11.4 Å². The lowest BCUT2D eigenvalue weighted by Crippen LogP contribution is -2.14. The Morgan fingerprint density at radius 2 is 2.03 bits per heavy atom. The summed E-state index contributed by atoms with van der Waals surface area (Å²) in [6.45, 7) is 0.0312. The Morgan fingerprint density at radius 1 is 1.27 bits per heavy atom. The van der Waals surface area contributed by atoms with Crippen LogP contribution in [0.4, 0.5) is 11.4 Å². The van der Waals surface area contributed by atoms with Crippen LogP contribution in [-0.4, -0.2) is 33.9 Å². The van der Waals surface area contributed by atoms with E-state index in [4.69, 9.17) is 25.5 Å². The number of amides is 1. The van der Waals surface area contributed by atoms with Crippen LogP contribution < -0.4 is 14.8 Å². The molecule has 3 rings (SSSR count). The van der Waals surface area contributed by atoms with Crippen LogP contribution in [0.1, 0.15) is 5.89 Å². The number of methoxy groups -OCH3 is 1. The summed E-state index contributed by atoms with van der Waals surface area (Å²) in [4.78, 5) is 22.4. The minimum Gasteiger partial charge on any atom is -0.493 e. The highest BCUT2D eigenvalue weighted by atomic mass is 35.5. The molecule has 0 unspecified atom stereocenters. The molecule has 2 aromatic carbocycles. The lowest BCUT2D eigenvalue weighted by Gasteiger charge is -2.08. The molecule has 0 spiro atoms. The van der Waals surface area contributed by atoms with E-state index < -0.39 is 10.8 Å². The van der Waals surface area contributed by atoms with E-state index >= 15 is 0 Å². The number of carbonyl (C=O) groups is 1. The lowest BCUT2D eigenvalue weighted by atomic mass is 10.3. The number of rotatable bonds is 9. The maximum Gasteiger partial charge on any atom is 0.277 e. The Hall–Kier alpha value is -3.31. The number of hydrogen-bond acceptors (Lipinski definition) is 9. The number of ether oxygens (including phenoxy) is 2. The topological polar surface area (TPSA) is 130 Å². The monoisotopic (exact) mass is 450 g/mol. The minimum atomic E-state index is -0.576. The van der Waals surface area contributed by atoms with Crippen molar-refractivity contribution in [2.45, 2.75) is 11.8 Å². The Balaban J connectivity index is 1.52. The zero-order valence-corrected chi connectivity index (χ0v) is 17.1. The maximum absolute atomic E-state index is 12.1. The van der Waals surface area contributed by atoms with Crippen molar-refractivity contribution in [1.82, 2.24) is 10.2 Å². The van der Waals surface area contributed by atoms with Crippen molar-refractivity contribution in [2.24, 2.45) is 0 Å². The molecule has 1 aromatic heterocycles. The average Bonchev–Trinajstić information content (AvgIpc) is 3.20. The maximum atomic E-state index is 12.1. The summed E-state index contributed by atoms with van der Waals surface area (Å²) in [6, 6.07) is 10.9. The molecule has 0 aliphatic heterocycles. The van der Waals surface area contributed by atoms with Gasteiger partial charge >= 0.3 is 0 Å². The van der Waals surface area contributed by atoms with Gasteiger partial charge in [0.1, 0.15) is 0 Å². The molecule has 0 aliphatic carbocycles. The molecule has 1 heterocycles. The molecule has 3 aromatic rings. The van der Waals surface area contributed by atoms with Crippen LogP contribution in [0.15, 0.2) is 52.1 Å². The van der Waals surface area contributed by atoms with Crippen molar-refractivity contribution >= 4 is 40.6 Å². The molecule has 30 heavy (non-hydrogen) atoms. The van der Waals surface area contributed by atoms with Crippen LogP contribution in [0.25, 0.3) is 0 Å². The van der Waals surface area contributed by atoms with Crippen molar-refractivity contribution in [3.05, 3.63) is 63.5 Å². The third-order valence-corrected chi connectivity index (χ3v) is 4.78. The molecule has 156 valence electrons. The quantitative estimate of drug-likeness (QED) is 0.292. The van der Waals surface area contributed by atoms with Gasteiger partial charge < -0.3 is 19.2 Å². The lowest BCUT2D eigenvalue weighted by molar-refractivity contribution is -0.384. The van der Waals surface area contributed by atoms with Gasteiger partial charge in [0.25, 0.3) is 16.8 Å². The number of nitrogens with one attached hydrogen (secondary N) is 1. The van der Waals surface area contributed by atoms with Crippen molar-refractivity contribution in [2.75, 3.05) is 18.2 Å². The van der Waals surface area contributed by atoms with E-state index in [9.17, 15) is 14.9 Å². The first-order valence-corrected chi connectivity index (χ1v) is 9.77. The van der Waals surface area contributed by atoms with Crippen molar-refractivity contribution in [3.63, 3.8) is 0 Å². The Morgan fingerprint density at radius 3 is 2.77 bits per heavy atom. The molecule has 1 amide bonds. The smallest absolute Gasteiger partial charge is 0.277 e. The number of halogens is 1. The van der Waals surface area contributed by atoms with Crippen molar-refractivity contribution < 1.29 is 23.6 Å². The molecule has 0 aliphatic rings. The molecular weight excluding hydrogens is 436 g/mol. The van der Waals surface area contributed by atoms with Gasteiger partial charge in [-0.05, 0) is 18.2 Å². The summed E-state index contributed by atoms with van der Waals surface area (Å²) in [5.74, 6) is 0.829. The van der Waals surface area contributed by atoms with Gasteiger partial charge in [0.05, 0.1) is 28.5 Å². The van der Waals surface area contributed by atoms with Gasteiger partial charge in [0, 0.05) is 12.1 Å². The normalized spacial score (nSPS) is 10.5. The Bertz CT molecular complexity index is 1060. The minimum absolute atomic E-state index is 0.0312. The Kier molecular flexibility index (Phi) is 7.09. The van der Waals surface area contributed by atoms with Crippen molar-refractivity contribution in [3.8, 4) is 11.5 Å². The van der Waals surface area contributed by atoms with Crippen LogP contribution >= 0.6 is 23.4 Å². The van der Waals surface area contributed by atoms with E-state index in [0.717, 1.165) is 11.8 Å². The SMILES string of the molecule is COc1ccccc1OCc1nnc(SCC(=O)Nc2cc([N+](=O)[O-])ccc2Cl)o1. The number of nitro groups is 1. The molecule has 12 heteroatoms. The average molecular weight is 451 g/mol.